The van der Waals surface area contributed by atoms with Crippen LogP contribution in [0.5, 0.6) is 0 Å². The molecule has 2 unspecified atom stereocenters. The Morgan fingerprint density at radius 3 is 2.03 bits per heavy atom. The van der Waals surface area contributed by atoms with Crippen LogP contribution in [-0.4, -0.2) is 85.6 Å². The zero-order chi connectivity index (χ0) is 26.3. The van der Waals surface area contributed by atoms with Gasteiger partial charge in [0.05, 0.1) is 18.8 Å². The van der Waals surface area contributed by atoms with E-state index in [1.807, 2.05) is 0 Å². The fourth-order valence-electron chi connectivity index (χ4n) is 4.37. The summed E-state index contributed by atoms with van der Waals surface area (Å²) >= 11 is 0. The third kappa shape index (κ3) is 9.95. The highest BCUT2D eigenvalue weighted by atomic mass is 16.6. The highest BCUT2D eigenvalue weighted by Gasteiger charge is 2.55. The van der Waals surface area contributed by atoms with E-state index in [0.717, 1.165) is 19.3 Å². The molecule has 0 amide bonds. The van der Waals surface area contributed by atoms with Crippen LogP contribution in [0.25, 0.3) is 10.4 Å². The zero-order valence-electron chi connectivity index (χ0n) is 20.9. The third-order valence-electron chi connectivity index (χ3n) is 6.68. The van der Waals surface area contributed by atoms with Gasteiger partial charge in [0.1, 0.15) is 30.5 Å². The van der Waals surface area contributed by atoms with Crippen LogP contribution in [0, 0.1) is 0 Å². The SMILES string of the molecule is CCCCCCCCCCCCC/C=C/[C@@H](O)[C@@H](N)C(O)(N=[N+]=[N-])C1O[C@H](CO)[C@H](O)[C@H](O)[C@H]1O. The summed E-state index contributed by atoms with van der Waals surface area (Å²) in [6, 6.07) is -1.62. The first-order valence-corrected chi connectivity index (χ1v) is 12.9. The molecule has 0 radical (unpaired) electrons. The van der Waals surface area contributed by atoms with Crippen molar-refractivity contribution in [3.8, 4) is 0 Å². The summed E-state index contributed by atoms with van der Waals surface area (Å²) < 4.78 is 5.30. The van der Waals surface area contributed by atoms with Crippen LogP contribution < -0.4 is 5.73 Å². The first kappa shape index (κ1) is 31.8. The van der Waals surface area contributed by atoms with E-state index >= 15 is 0 Å². The lowest BCUT2D eigenvalue weighted by Gasteiger charge is -2.47. The number of unbranched alkanes of at least 4 members (excludes halogenated alkanes) is 11. The normalized spacial score (nSPS) is 28.4. The van der Waals surface area contributed by atoms with Gasteiger partial charge in [-0.2, -0.15) is 0 Å². The average molecular weight is 503 g/mol. The molecule has 0 aromatic carbocycles. The number of aliphatic hydroxyl groups excluding tert-OH is 5. The lowest BCUT2D eigenvalue weighted by atomic mass is 9.84. The Balaban J connectivity index is 2.49. The largest absolute Gasteiger partial charge is 0.394 e. The standard InChI is InChI=1S/C24H46N4O7/c1-2-3-4-5-6-7-8-9-10-11-12-13-14-15-17(30)22(25)24(34,27-28-26)23-21(33)20(32)19(31)18(16-29)35-23/h14-15,17-23,29-34H,2-13,16,25H2,1H3/b15-14+/t17-,18-,19+,20+,21-,22-,23?,24?/m1/s1. The molecule has 1 aliphatic rings. The second-order valence-electron chi connectivity index (χ2n) is 9.49. The smallest absolute Gasteiger partial charge is 0.190 e. The van der Waals surface area contributed by atoms with Gasteiger partial charge < -0.3 is 41.1 Å². The number of hydrogen-bond acceptors (Lipinski definition) is 9. The maximum atomic E-state index is 11.0. The van der Waals surface area contributed by atoms with E-state index in [9.17, 15) is 30.6 Å². The van der Waals surface area contributed by atoms with E-state index in [4.69, 9.17) is 16.0 Å². The fourth-order valence-corrected chi connectivity index (χ4v) is 4.37. The van der Waals surface area contributed by atoms with Crippen molar-refractivity contribution < 1.29 is 35.4 Å². The lowest BCUT2D eigenvalue weighted by Crippen LogP contribution is -2.70. The second kappa shape index (κ2) is 17.2. The van der Waals surface area contributed by atoms with Gasteiger partial charge >= 0.3 is 0 Å². The summed E-state index contributed by atoms with van der Waals surface area (Å²) in [6.07, 6.45) is 7.34. The summed E-state index contributed by atoms with van der Waals surface area (Å²) in [5, 5.41) is 64.3. The lowest BCUT2D eigenvalue weighted by molar-refractivity contribution is -0.274. The number of nitrogens with zero attached hydrogens (tertiary/aromatic N) is 3. The van der Waals surface area contributed by atoms with Crippen molar-refractivity contribution in [1.82, 2.24) is 0 Å². The van der Waals surface area contributed by atoms with Gasteiger partial charge in [-0.1, -0.05) is 88.4 Å². The van der Waals surface area contributed by atoms with Gasteiger partial charge in [0.2, 0.25) is 0 Å². The van der Waals surface area contributed by atoms with Crippen LogP contribution in [0.3, 0.4) is 0 Å². The molecule has 0 aliphatic carbocycles. The van der Waals surface area contributed by atoms with Gasteiger partial charge in [-0.15, -0.1) is 0 Å². The monoisotopic (exact) mass is 502 g/mol. The number of nitrogens with two attached hydrogens (primary N) is 1. The molecule has 0 aromatic heterocycles. The molecule has 0 saturated carbocycles. The number of aliphatic hydroxyl groups is 6. The minimum absolute atomic E-state index is 0.695. The summed E-state index contributed by atoms with van der Waals surface area (Å²) in [6.45, 7) is 1.49. The zero-order valence-corrected chi connectivity index (χ0v) is 20.9. The van der Waals surface area contributed by atoms with Crippen molar-refractivity contribution in [2.75, 3.05) is 6.61 Å². The molecule has 8 atom stereocenters. The van der Waals surface area contributed by atoms with Crippen LogP contribution in [0.2, 0.25) is 0 Å². The second-order valence-corrected chi connectivity index (χ2v) is 9.49. The quantitative estimate of drug-likeness (QED) is 0.0482. The minimum Gasteiger partial charge on any atom is -0.394 e. The van der Waals surface area contributed by atoms with Gasteiger partial charge in [0.25, 0.3) is 0 Å². The molecule has 1 heterocycles. The number of rotatable bonds is 18. The summed E-state index contributed by atoms with van der Waals surface area (Å²) in [5.41, 5.74) is 12.2. The molecule has 204 valence electrons. The van der Waals surface area contributed by atoms with Crippen LogP contribution in [0.4, 0.5) is 0 Å². The molecular weight excluding hydrogens is 456 g/mol. The predicted octanol–water partition coefficient (Wildman–Crippen LogP) is 1.77. The maximum absolute atomic E-state index is 11.0. The average Bonchev–Trinajstić information content (AvgIpc) is 2.85. The number of allylic oxidation sites excluding steroid dienone is 1. The minimum atomic E-state index is -2.66. The van der Waals surface area contributed by atoms with Crippen molar-refractivity contribution in [3.05, 3.63) is 22.6 Å². The molecule has 0 bridgehead atoms. The van der Waals surface area contributed by atoms with Crippen LogP contribution >= 0.6 is 0 Å². The van der Waals surface area contributed by atoms with E-state index in [1.165, 1.54) is 57.4 Å². The Bertz CT molecular complexity index is 647. The first-order valence-electron chi connectivity index (χ1n) is 12.9. The molecule has 35 heavy (non-hydrogen) atoms. The van der Waals surface area contributed by atoms with Gasteiger partial charge in [0.15, 0.2) is 5.72 Å². The molecule has 1 saturated heterocycles. The molecule has 0 aromatic rings. The Morgan fingerprint density at radius 2 is 1.51 bits per heavy atom. The Kier molecular flexibility index (Phi) is 15.6. The third-order valence-corrected chi connectivity index (χ3v) is 6.68. The summed E-state index contributed by atoms with van der Waals surface area (Å²) in [4.78, 5) is 2.55. The Morgan fingerprint density at radius 1 is 0.971 bits per heavy atom. The number of ether oxygens (including phenoxy) is 1. The molecular formula is C24H46N4O7. The predicted molar refractivity (Wildman–Crippen MR) is 132 cm³/mol. The van der Waals surface area contributed by atoms with E-state index in [-0.39, 0.29) is 0 Å². The first-order chi connectivity index (χ1) is 16.7. The van der Waals surface area contributed by atoms with E-state index in [1.54, 1.807) is 6.08 Å². The molecule has 11 heteroatoms. The molecule has 0 spiro atoms. The van der Waals surface area contributed by atoms with Crippen LogP contribution in [0.1, 0.15) is 84.0 Å². The number of hydrogen-bond donors (Lipinski definition) is 7. The van der Waals surface area contributed by atoms with Crippen LogP contribution in [-0.2, 0) is 4.74 Å². The summed E-state index contributed by atoms with van der Waals surface area (Å²) in [7, 11) is 0. The van der Waals surface area contributed by atoms with Gasteiger partial charge in [-0.05, 0) is 18.4 Å². The topological polar surface area (TPSA) is 205 Å². The fraction of sp³-hybridized carbons (Fsp3) is 0.917. The van der Waals surface area contributed by atoms with Gasteiger partial charge in [-0.25, -0.2) is 0 Å². The molecule has 1 rings (SSSR count). The summed E-state index contributed by atoms with van der Waals surface area (Å²) in [5.74, 6) is 0. The van der Waals surface area contributed by atoms with Gasteiger partial charge in [0, 0.05) is 4.91 Å². The van der Waals surface area contributed by atoms with E-state index in [2.05, 4.69) is 16.9 Å². The molecule has 8 N–H and O–H groups in total. The number of azide groups is 1. The molecule has 1 fully saturated rings. The maximum Gasteiger partial charge on any atom is 0.190 e. The van der Waals surface area contributed by atoms with Gasteiger partial charge in [-0.3, -0.25) is 0 Å². The molecule has 1 aliphatic heterocycles. The van der Waals surface area contributed by atoms with Crippen molar-refractivity contribution in [2.45, 2.75) is 132 Å². The van der Waals surface area contributed by atoms with Crippen molar-refractivity contribution in [3.63, 3.8) is 0 Å². The highest BCUT2D eigenvalue weighted by molar-refractivity contribution is 5.09. The Hall–Kier alpha value is -1.27. The van der Waals surface area contributed by atoms with E-state index in [0.29, 0.717) is 6.42 Å². The van der Waals surface area contributed by atoms with Crippen LogP contribution in [0.15, 0.2) is 17.3 Å². The van der Waals surface area contributed by atoms with Crippen molar-refractivity contribution >= 4 is 0 Å². The van der Waals surface area contributed by atoms with Crippen molar-refractivity contribution in [2.24, 2.45) is 10.8 Å². The Labute approximate surface area is 208 Å². The highest BCUT2D eigenvalue weighted by Crippen LogP contribution is 2.32. The van der Waals surface area contributed by atoms with E-state index < -0.39 is 55.0 Å². The van der Waals surface area contributed by atoms with Crippen molar-refractivity contribution in [1.29, 1.82) is 0 Å². The molecule has 11 nitrogen and oxygen atoms in total.